The standard InChI is InChI=1S/C8H17NO/c1-6-3-4-8(5-9)7(2)10-6/h6-8H,3-5,9H2,1-2H3. The Morgan fingerprint density at radius 2 is 2.10 bits per heavy atom. The van der Waals surface area contributed by atoms with Gasteiger partial charge in [0.05, 0.1) is 12.2 Å². The van der Waals surface area contributed by atoms with Crippen molar-refractivity contribution in [2.75, 3.05) is 6.54 Å². The zero-order chi connectivity index (χ0) is 7.56. The molecule has 3 atom stereocenters. The van der Waals surface area contributed by atoms with E-state index < -0.39 is 0 Å². The maximum absolute atomic E-state index is 5.61. The summed E-state index contributed by atoms with van der Waals surface area (Å²) in [4.78, 5) is 0. The van der Waals surface area contributed by atoms with Crippen molar-refractivity contribution in [3.8, 4) is 0 Å². The molecule has 10 heavy (non-hydrogen) atoms. The summed E-state index contributed by atoms with van der Waals surface area (Å²) in [5, 5.41) is 0. The van der Waals surface area contributed by atoms with Gasteiger partial charge in [-0.25, -0.2) is 0 Å². The smallest absolute Gasteiger partial charge is 0.0590 e. The number of ether oxygens (including phenoxy) is 1. The van der Waals surface area contributed by atoms with Gasteiger partial charge in [0.25, 0.3) is 0 Å². The van der Waals surface area contributed by atoms with Gasteiger partial charge in [0.15, 0.2) is 0 Å². The molecule has 1 aliphatic heterocycles. The van der Waals surface area contributed by atoms with Crippen molar-refractivity contribution in [3.05, 3.63) is 0 Å². The molecule has 1 saturated heterocycles. The van der Waals surface area contributed by atoms with Crippen molar-refractivity contribution in [1.82, 2.24) is 0 Å². The second-order valence-electron chi connectivity index (χ2n) is 3.22. The molecule has 0 aromatic heterocycles. The molecule has 2 N–H and O–H groups in total. The van der Waals surface area contributed by atoms with E-state index >= 15 is 0 Å². The largest absolute Gasteiger partial charge is 0.375 e. The first-order valence-electron chi connectivity index (χ1n) is 4.09. The van der Waals surface area contributed by atoms with Crippen LogP contribution in [0.1, 0.15) is 26.7 Å². The van der Waals surface area contributed by atoms with E-state index in [9.17, 15) is 0 Å². The number of hydrogen-bond acceptors (Lipinski definition) is 2. The van der Waals surface area contributed by atoms with Crippen LogP contribution < -0.4 is 5.73 Å². The molecular weight excluding hydrogens is 126 g/mol. The van der Waals surface area contributed by atoms with E-state index in [2.05, 4.69) is 13.8 Å². The molecule has 0 radical (unpaired) electrons. The van der Waals surface area contributed by atoms with Crippen LogP contribution in [0.2, 0.25) is 0 Å². The summed E-state index contributed by atoms with van der Waals surface area (Å²) in [5.74, 6) is 0.594. The zero-order valence-electron chi connectivity index (χ0n) is 6.84. The third kappa shape index (κ3) is 1.70. The molecule has 3 unspecified atom stereocenters. The average molecular weight is 143 g/mol. The van der Waals surface area contributed by atoms with Gasteiger partial charge >= 0.3 is 0 Å². The summed E-state index contributed by atoms with van der Waals surface area (Å²) in [5.41, 5.74) is 5.56. The van der Waals surface area contributed by atoms with Crippen LogP contribution in [0.5, 0.6) is 0 Å². The van der Waals surface area contributed by atoms with Crippen molar-refractivity contribution in [3.63, 3.8) is 0 Å². The van der Waals surface area contributed by atoms with Gasteiger partial charge in [0.2, 0.25) is 0 Å². The van der Waals surface area contributed by atoms with E-state index in [0.29, 0.717) is 18.1 Å². The van der Waals surface area contributed by atoms with E-state index in [0.717, 1.165) is 6.54 Å². The molecular formula is C8H17NO. The zero-order valence-corrected chi connectivity index (χ0v) is 6.84. The SMILES string of the molecule is CC1CCC(CN)C(C)O1. The number of hydrogen-bond donors (Lipinski definition) is 1. The monoisotopic (exact) mass is 143 g/mol. The highest BCUT2D eigenvalue weighted by Gasteiger charge is 2.24. The van der Waals surface area contributed by atoms with E-state index in [1.54, 1.807) is 0 Å². The van der Waals surface area contributed by atoms with Crippen LogP contribution in [0.3, 0.4) is 0 Å². The molecule has 0 aliphatic carbocycles. The van der Waals surface area contributed by atoms with Gasteiger partial charge in [-0.2, -0.15) is 0 Å². The second kappa shape index (κ2) is 3.35. The highest BCUT2D eigenvalue weighted by atomic mass is 16.5. The van der Waals surface area contributed by atoms with E-state index in [1.807, 2.05) is 0 Å². The molecule has 2 heteroatoms. The van der Waals surface area contributed by atoms with E-state index in [1.165, 1.54) is 12.8 Å². The normalized spacial score (nSPS) is 41.7. The van der Waals surface area contributed by atoms with Gasteiger partial charge in [-0.05, 0) is 39.2 Å². The molecule has 1 fully saturated rings. The Hall–Kier alpha value is -0.0800. The number of rotatable bonds is 1. The van der Waals surface area contributed by atoms with Crippen LogP contribution in [-0.4, -0.2) is 18.8 Å². The van der Waals surface area contributed by atoms with Crippen LogP contribution in [0, 0.1) is 5.92 Å². The van der Waals surface area contributed by atoms with Gasteiger partial charge in [0.1, 0.15) is 0 Å². The Labute approximate surface area is 62.7 Å². The molecule has 1 aliphatic rings. The summed E-state index contributed by atoms with van der Waals surface area (Å²) in [6, 6.07) is 0. The van der Waals surface area contributed by atoms with Crippen molar-refractivity contribution in [1.29, 1.82) is 0 Å². The summed E-state index contributed by atoms with van der Waals surface area (Å²) < 4.78 is 5.61. The Bertz CT molecular complexity index is 105. The molecule has 1 rings (SSSR count). The van der Waals surface area contributed by atoms with Crippen molar-refractivity contribution in [2.45, 2.75) is 38.9 Å². The molecule has 0 bridgehead atoms. The first-order chi connectivity index (χ1) is 4.74. The molecule has 0 amide bonds. The molecule has 2 nitrogen and oxygen atoms in total. The van der Waals surface area contributed by atoms with E-state index in [-0.39, 0.29) is 0 Å². The van der Waals surface area contributed by atoms with Crippen molar-refractivity contribution >= 4 is 0 Å². The highest BCUT2D eigenvalue weighted by Crippen LogP contribution is 2.23. The Balaban J connectivity index is 2.36. The molecule has 1 heterocycles. The molecule has 60 valence electrons. The van der Waals surface area contributed by atoms with Crippen LogP contribution in [0.4, 0.5) is 0 Å². The summed E-state index contributed by atoms with van der Waals surface area (Å²) >= 11 is 0. The topological polar surface area (TPSA) is 35.2 Å². The Kier molecular flexibility index (Phi) is 2.69. The van der Waals surface area contributed by atoms with Crippen molar-refractivity contribution < 1.29 is 4.74 Å². The minimum atomic E-state index is 0.369. The third-order valence-corrected chi connectivity index (χ3v) is 2.36. The minimum absolute atomic E-state index is 0.369. The van der Waals surface area contributed by atoms with Crippen molar-refractivity contribution in [2.24, 2.45) is 11.7 Å². The van der Waals surface area contributed by atoms with Crippen LogP contribution in [-0.2, 0) is 4.74 Å². The first-order valence-corrected chi connectivity index (χ1v) is 4.09. The number of nitrogens with two attached hydrogens (primary N) is 1. The average Bonchev–Trinajstić information content (AvgIpc) is 1.88. The predicted molar refractivity (Wildman–Crippen MR) is 41.8 cm³/mol. The molecule has 0 saturated carbocycles. The third-order valence-electron chi connectivity index (χ3n) is 2.36. The minimum Gasteiger partial charge on any atom is -0.375 e. The second-order valence-corrected chi connectivity index (χ2v) is 3.22. The molecule has 0 spiro atoms. The first kappa shape index (κ1) is 8.02. The van der Waals surface area contributed by atoms with Gasteiger partial charge in [-0.15, -0.1) is 0 Å². The fourth-order valence-corrected chi connectivity index (χ4v) is 1.54. The predicted octanol–water partition coefficient (Wildman–Crippen LogP) is 1.15. The summed E-state index contributed by atoms with van der Waals surface area (Å²) in [7, 11) is 0. The lowest BCUT2D eigenvalue weighted by Gasteiger charge is -2.32. The van der Waals surface area contributed by atoms with Gasteiger partial charge < -0.3 is 10.5 Å². The van der Waals surface area contributed by atoms with Crippen LogP contribution >= 0.6 is 0 Å². The maximum atomic E-state index is 5.61. The fraction of sp³-hybridized carbons (Fsp3) is 1.00. The lowest BCUT2D eigenvalue weighted by Crippen LogP contribution is -2.35. The fourth-order valence-electron chi connectivity index (χ4n) is 1.54. The molecule has 0 aromatic rings. The summed E-state index contributed by atoms with van der Waals surface area (Å²) in [6.45, 7) is 5.02. The van der Waals surface area contributed by atoms with E-state index in [4.69, 9.17) is 10.5 Å². The van der Waals surface area contributed by atoms with Crippen LogP contribution in [0.15, 0.2) is 0 Å². The quantitative estimate of drug-likeness (QED) is 0.597. The summed E-state index contributed by atoms with van der Waals surface area (Å²) in [6.07, 6.45) is 3.22. The van der Waals surface area contributed by atoms with Gasteiger partial charge in [-0.1, -0.05) is 0 Å². The Morgan fingerprint density at radius 1 is 1.40 bits per heavy atom. The lowest BCUT2D eigenvalue weighted by atomic mass is 9.93. The highest BCUT2D eigenvalue weighted by molar-refractivity contribution is 4.74. The lowest BCUT2D eigenvalue weighted by molar-refractivity contribution is -0.0618. The van der Waals surface area contributed by atoms with Gasteiger partial charge in [0, 0.05) is 0 Å². The Morgan fingerprint density at radius 3 is 2.60 bits per heavy atom. The van der Waals surface area contributed by atoms with Crippen LogP contribution in [0.25, 0.3) is 0 Å². The maximum Gasteiger partial charge on any atom is 0.0590 e. The van der Waals surface area contributed by atoms with Gasteiger partial charge in [-0.3, -0.25) is 0 Å². The molecule has 0 aromatic carbocycles.